The predicted molar refractivity (Wildman–Crippen MR) is 70.2 cm³/mol. The highest BCUT2D eigenvalue weighted by Gasteiger charge is 2.20. The number of likely N-dealkylation sites (N-methyl/N-ethyl adjacent to an activating group) is 1. The average molecular weight is 258 g/mol. The number of hydrogen-bond donors (Lipinski definition) is 2. The first-order chi connectivity index (χ1) is 8.65. The Kier molecular flexibility index (Phi) is 7.23. The van der Waals surface area contributed by atoms with Crippen LogP contribution in [0.2, 0.25) is 0 Å². The number of rotatable bonds is 7. The van der Waals surface area contributed by atoms with Gasteiger partial charge in [-0.2, -0.15) is 0 Å². The molecule has 5 heteroatoms. The largest absolute Gasteiger partial charge is 0.358 e. The Morgan fingerprint density at radius 2 is 2.22 bits per heavy atom. The first-order valence-electron chi connectivity index (χ1n) is 6.83. The molecule has 0 aromatic carbocycles. The molecule has 0 bridgehead atoms. The van der Waals surface area contributed by atoms with E-state index in [9.17, 15) is 4.79 Å². The molecule has 0 aromatic heterocycles. The maximum Gasteiger partial charge on any atom is 0.237 e. The molecule has 0 unspecified atom stereocenters. The van der Waals surface area contributed by atoms with Crippen molar-refractivity contribution in [1.29, 1.82) is 0 Å². The molecule has 2 N–H and O–H groups in total. The number of ether oxygens (including phenoxy) is 2. The van der Waals surface area contributed by atoms with Crippen molar-refractivity contribution < 1.29 is 14.3 Å². The molecule has 106 valence electrons. The van der Waals surface area contributed by atoms with E-state index in [4.69, 9.17) is 9.47 Å². The molecule has 0 radical (unpaired) electrons. The van der Waals surface area contributed by atoms with Crippen LogP contribution in [0.3, 0.4) is 0 Å². The van der Waals surface area contributed by atoms with Gasteiger partial charge in [0.05, 0.1) is 12.6 Å². The minimum Gasteiger partial charge on any atom is -0.358 e. The third kappa shape index (κ3) is 5.33. The summed E-state index contributed by atoms with van der Waals surface area (Å²) >= 11 is 0. The third-order valence-corrected chi connectivity index (χ3v) is 3.10. The van der Waals surface area contributed by atoms with E-state index in [2.05, 4.69) is 10.6 Å². The van der Waals surface area contributed by atoms with Gasteiger partial charge in [0.2, 0.25) is 5.91 Å². The fraction of sp³-hybridized carbons (Fsp3) is 0.923. The Morgan fingerprint density at radius 1 is 1.44 bits per heavy atom. The van der Waals surface area contributed by atoms with Crippen LogP contribution in [0, 0.1) is 5.92 Å². The molecular formula is C13H26N2O3. The highest BCUT2D eigenvalue weighted by molar-refractivity contribution is 5.81. The molecule has 1 rings (SSSR count). The maximum absolute atomic E-state index is 11.6. The lowest BCUT2D eigenvalue weighted by atomic mass is 10.0. The molecule has 1 aliphatic heterocycles. The topological polar surface area (TPSA) is 59.6 Å². The summed E-state index contributed by atoms with van der Waals surface area (Å²) in [6, 6.07) is -0.161. The Balaban J connectivity index is 2.16. The van der Waals surface area contributed by atoms with Crippen LogP contribution < -0.4 is 10.6 Å². The monoisotopic (exact) mass is 258 g/mol. The van der Waals surface area contributed by atoms with Crippen molar-refractivity contribution >= 4 is 5.91 Å². The maximum atomic E-state index is 11.6. The summed E-state index contributed by atoms with van der Waals surface area (Å²) in [7, 11) is 1.66. The minimum atomic E-state index is -0.161. The first kappa shape index (κ1) is 15.4. The van der Waals surface area contributed by atoms with Crippen LogP contribution in [0.25, 0.3) is 0 Å². The van der Waals surface area contributed by atoms with Crippen molar-refractivity contribution in [3.63, 3.8) is 0 Å². The van der Waals surface area contributed by atoms with Crippen LogP contribution >= 0.6 is 0 Å². The van der Waals surface area contributed by atoms with Gasteiger partial charge in [0.15, 0.2) is 6.29 Å². The SMILES string of the molecule is CNC(=O)[C@H](NCCO[C@H]1CCCCO1)C(C)C. The van der Waals surface area contributed by atoms with E-state index in [1.165, 1.54) is 6.42 Å². The number of carbonyl (C=O) groups excluding carboxylic acids is 1. The highest BCUT2D eigenvalue weighted by atomic mass is 16.7. The fourth-order valence-electron chi connectivity index (χ4n) is 2.03. The van der Waals surface area contributed by atoms with E-state index in [-0.39, 0.29) is 24.2 Å². The summed E-state index contributed by atoms with van der Waals surface area (Å²) in [6.07, 6.45) is 3.22. The molecule has 1 fully saturated rings. The van der Waals surface area contributed by atoms with Crippen molar-refractivity contribution in [2.75, 3.05) is 26.8 Å². The number of nitrogens with one attached hydrogen (secondary N) is 2. The standard InChI is InChI=1S/C13H26N2O3/c1-10(2)12(13(16)14-3)15-7-9-18-11-6-4-5-8-17-11/h10-12,15H,4-9H2,1-3H3,(H,14,16)/t11-,12+/m0/s1. The molecule has 18 heavy (non-hydrogen) atoms. The van der Waals surface area contributed by atoms with Gasteiger partial charge in [-0.05, 0) is 25.2 Å². The molecular weight excluding hydrogens is 232 g/mol. The van der Waals surface area contributed by atoms with Gasteiger partial charge in [-0.15, -0.1) is 0 Å². The van der Waals surface area contributed by atoms with Gasteiger partial charge in [-0.3, -0.25) is 4.79 Å². The fourth-order valence-corrected chi connectivity index (χ4v) is 2.03. The molecule has 5 nitrogen and oxygen atoms in total. The summed E-state index contributed by atoms with van der Waals surface area (Å²) in [5.41, 5.74) is 0. The third-order valence-electron chi connectivity index (χ3n) is 3.10. The normalized spacial score (nSPS) is 21.9. The van der Waals surface area contributed by atoms with Gasteiger partial charge < -0.3 is 20.1 Å². The quantitative estimate of drug-likeness (QED) is 0.666. The molecule has 1 heterocycles. The Bertz CT molecular complexity index is 240. The van der Waals surface area contributed by atoms with E-state index in [0.29, 0.717) is 13.2 Å². The molecule has 1 saturated heterocycles. The molecule has 1 aliphatic rings. The van der Waals surface area contributed by atoms with E-state index in [0.717, 1.165) is 19.4 Å². The van der Waals surface area contributed by atoms with Crippen molar-refractivity contribution in [2.45, 2.75) is 45.4 Å². The minimum absolute atomic E-state index is 0.0268. The second kappa shape index (κ2) is 8.45. The molecule has 0 aliphatic carbocycles. The molecule has 0 spiro atoms. The van der Waals surface area contributed by atoms with E-state index in [1.54, 1.807) is 7.05 Å². The van der Waals surface area contributed by atoms with Gasteiger partial charge in [-0.1, -0.05) is 13.8 Å². The van der Waals surface area contributed by atoms with Crippen LogP contribution in [0.15, 0.2) is 0 Å². The number of carbonyl (C=O) groups is 1. The van der Waals surface area contributed by atoms with Crippen LogP contribution in [-0.4, -0.2) is 45.0 Å². The molecule has 0 saturated carbocycles. The lowest BCUT2D eigenvalue weighted by Gasteiger charge is -2.24. The lowest BCUT2D eigenvalue weighted by molar-refractivity contribution is -0.161. The Labute approximate surface area is 110 Å². The first-order valence-corrected chi connectivity index (χ1v) is 6.83. The van der Waals surface area contributed by atoms with Crippen LogP contribution in [0.5, 0.6) is 0 Å². The molecule has 0 aromatic rings. The van der Waals surface area contributed by atoms with E-state index >= 15 is 0 Å². The van der Waals surface area contributed by atoms with Crippen molar-refractivity contribution in [3.05, 3.63) is 0 Å². The second-order valence-corrected chi connectivity index (χ2v) is 4.96. The average Bonchev–Trinajstić information content (AvgIpc) is 2.38. The van der Waals surface area contributed by atoms with Gasteiger partial charge in [0.1, 0.15) is 0 Å². The number of amides is 1. The van der Waals surface area contributed by atoms with Gasteiger partial charge in [0, 0.05) is 20.2 Å². The summed E-state index contributed by atoms with van der Waals surface area (Å²) < 4.78 is 11.1. The van der Waals surface area contributed by atoms with E-state index < -0.39 is 0 Å². The lowest BCUT2D eigenvalue weighted by Crippen LogP contribution is -2.47. The van der Waals surface area contributed by atoms with Crippen LogP contribution in [-0.2, 0) is 14.3 Å². The Morgan fingerprint density at radius 3 is 2.78 bits per heavy atom. The van der Waals surface area contributed by atoms with Crippen molar-refractivity contribution in [1.82, 2.24) is 10.6 Å². The van der Waals surface area contributed by atoms with Crippen LogP contribution in [0.1, 0.15) is 33.1 Å². The van der Waals surface area contributed by atoms with Crippen molar-refractivity contribution in [2.24, 2.45) is 5.92 Å². The summed E-state index contributed by atoms with van der Waals surface area (Å²) in [4.78, 5) is 11.6. The molecule has 2 atom stereocenters. The number of hydrogen-bond acceptors (Lipinski definition) is 4. The summed E-state index contributed by atoms with van der Waals surface area (Å²) in [5.74, 6) is 0.287. The van der Waals surface area contributed by atoms with Gasteiger partial charge in [-0.25, -0.2) is 0 Å². The van der Waals surface area contributed by atoms with Crippen LogP contribution in [0.4, 0.5) is 0 Å². The summed E-state index contributed by atoms with van der Waals surface area (Å²) in [6.45, 7) is 6.09. The zero-order valence-electron chi connectivity index (χ0n) is 11.7. The summed E-state index contributed by atoms with van der Waals surface area (Å²) in [5, 5.41) is 5.89. The Hall–Kier alpha value is -0.650. The van der Waals surface area contributed by atoms with Gasteiger partial charge >= 0.3 is 0 Å². The van der Waals surface area contributed by atoms with E-state index in [1.807, 2.05) is 13.8 Å². The van der Waals surface area contributed by atoms with Gasteiger partial charge in [0.25, 0.3) is 0 Å². The van der Waals surface area contributed by atoms with Crippen molar-refractivity contribution in [3.8, 4) is 0 Å². The highest BCUT2D eigenvalue weighted by Crippen LogP contribution is 2.13. The zero-order chi connectivity index (χ0) is 13.4. The smallest absolute Gasteiger partial charge is 0.237 e. The zero-order valence-corrected chi connectivity index (χ0v) is 11.7. The molecule has 1 amide bonds. The predicted octanol–water partition coefficient (Wildman–Crippen LogP) is 0.890. The second-order valence-electron chi connectivity index (χ2n) is 4.96.